The Morgan fingerprint density at radius 3 is 2.65 bits per heavy atom. The van der Waals surface area contributed by atoms with Crippen molar-refractivity contribution in [3.63, 3.8) is 0 Å². The SMILES string of the molecule is O=C1C=C(Nc2ccc(N3CCCCC3)c3nonc23)C(=O)N1CCO. The van der Waals surface area contributed by atoms with E-state index in [4.69, 9.17) is 9.74 Å². The Balaban J connectivity index is 1.62. The van der Waals surface area contributed by atoms with Crippen molar-refractivity contribution < 1.29 is 19.3 Å². The molecule has 1 fully saturated rings. The normalized spacial score (nSPS) is 18.0. The maximum atomic E-state index is 12.3. The van der Waals surface area contributed by atoms with E-state index in [2.05, 4.69) is 20.5 Å². The van der Waals surface area contributed by atoms with Crippen LogP contribution in [0.2, 0.25) is 0 Å². The van der Waals surface area contributed by atoms with Gasteiger partial charge in [0.1, 0.15) is 5.70 Å². The second-order valence-electron chi connectivity index (χ2n) is 6.34. The third kappa shape index (κ3) is 2.80. The first-order valence-corrected chi connectivity index (χ1v) is 8.64. The Morgan fingerprint density at radius 1 is 1.12 bits per heavy atom. The highest BCUT2D eigenvalue weighted by Gasteiger charge is 2.31. The number of β-amino-alcohol motifs (C(OH)–C–C–N with tert-alkyl or cyclic N) is 1. The van der Waals surface area contributed by atoms with Crippen molar-refractivity contribution in [2.24, 2.45) is 0 Å². The van der Waals surface area contributed by atoms with Gasteiger partial charge in [0, 0.05) is 19.2 Å². The van der Waals surface area contributed by atoms with Gasteiger partial charge in [-0.25, -0.2) is 4.63 Å². The highest BCUT2D eigenvalue weighted by molar-refractivity contribution is 6.18. The Kier molecular flexibility index (Phi) is 4.29. The van der Waals surface area contributed by atoms with E-state index in [0.29, 0.717) is 16.7 Å². The number of hydrogen-bond acceptors (Lipinski definition) is 8. The van der Waals surface area contributed by atoms with Gasteiger partial charge < -0.3 is 15.3 Å². The molecule has 1 aromatic carbocycles. The molecule has 1 aromatic heterocycles. The number of aromatic nitrogens is 2. The molecule has 2 amide bonds. The zero-order chi connectivity index (χ0) is 18.1. The predicted molar refractivity (Wildman–Crippen MR) is 93.4 cm³/mol. The zero-order valence-corrected chi connectivity index (χ0v) is 14.1. The molecular weight excluding hydrogens is 338 g/mol. The van der Waals surface area contributed by atoms with E-state index in [1.54, 1.807) is 0 Å². The number of rotatable bonds is 5. The van der Waals surface area contributed by atoms with Crippen LogP contribution in [0.3, 0.4) is 0 Å². The van der Waals surface area contributed by atoms with E-state index >= 15 is 0 Å². The van der Waals surface area contributed by atoms with Gasteiger partial charge in [0.2, 0.25) is 0 Å². The molecule has 2 N–H and O–H groups in total. The highest BCUT2D eigenvalue weighted by Crippen LogP contribution is 2.32. The number of amides is 2. The van der Waals surface area contributed by atoms with Crippen LogP contribution in [0.1, 0.15) is 19.3 Å². The summed E-state index contributed by atoms with van der Waals surface area (Å²) >= 11 is 0. The molecule has 0 radical (unpaired) electrons. The van der Waals surface area contributed by atoms with Gasteiger partial charge in [-0.2, -0.15) is 0 Å². The summed E-state index contributed by atoms with van der Waals surface area (Å²) < 4.78 is 4.93. The first kappa shape index (κ1) is 16.5. The molecule has 0 saturated carbocycles. The smallest absolute Gasteiger partial charge is 0.277 e. The third-order valence-electron chi connectivity index (χ3n) is 4.69. The van der Waals surface area contributed by atoms with E-state index < -0.39 is 11.8 Å². The molecule has 2 aromatic rings. The summed E-state index contributed by atoms with van der Waals surface area (Å²) in [4.78, 5) is 27.4. The van der Waals surface area contributed by atoms with Gasteiger partial charge in [-0.15, -0.1) is 0 Å². The number of nitrogens with zero attached hydrogens (tertiary/aromatic N) is 4. The van der Waals surface area contributed by atoms with E-state index in [1.807, 2.05) is 12.1 Å². The van der Waals surface area contributed by atoms with Crippen LogP contribution >= 0.6 is 0 Å². The fourth-order valence-corrected chi connectivity index (χ4v) is 3.40. The Bertz CT molecular complexity index is 884. The predicted octanol–water partition coefficient (Wildman–Crippen LogP) is 0.870. The second-order valence-corrected chi connectivity index (χ2v) is 6.34. The maximum absolute atomic E-state index is 12.3. The molecule has 0 bridgehead atoms. The average Bonchev–Trinajstić information content (AvgIpc) is 3.24. The lowest BCUT2D eigenvalue weighted by molar-refractivity contribution is -0.137. The summed E-state index contributed by atoms with van der Waals surface area (Å²) in [5.41, 5.74) is 2.77. The topological polar surface area (TPSA) is 112 Å². The standard InChI is InChI=1S/C17H19N5O4/c23-9-8-22-14(24)10-12(17(22)25)18-11-4-5-13(16-15(11)19-26-20-16)21-6-2-1-3-7-21/h4-5,10,18,23H,1-3,6-9H2. The van der Waals surface area contributed by atoms with Gasteiger partial charge in [0.05, 0.1) is 24.5 Å². The lowest BCUT2D eigenvalue weighted by Crippen LogP contribution is -2.34. The van der Waals surface area contributed by atoms with Crippen molar-refractivity contribution in [2.75, 3.05) is 36.5 Å². The van der Waals surface area contributed by atoms with Crippen molar-refractivity contribution in [3.8, 4) is 0 Å². The molecule has 2 aliphatic heterocycles. The summed E-state index contributed by atoms with van der Waals surface area (Å²) in [6, 6.07) is 3.73. The van der Waals surface area contributed by atoms with Crippen LogP contribution in [-0.4, -0.2) is 58.4 Å². The minimum Gasteiger partial charge on any atom is -0.395 e. The van der Waals surface area contributed by atoms with Crippen LogP contribution in [0.5, 0.6) is 0 Å². The number of anilines is 2. The number of hydrogen-bond donors (Lipinski definition) is 2. The van der Waals surface area contributed by atoms with Crippen molar-refractivity contribution >= 4 is 34.2 Å². The number of fused-ring (bicyclic) bond motifs is 1. The monoisotopic (exact) mass is 357 g/mol. The molecule has 3 heterocycles. The number of aliphatic hydroxyl groups is 1. The number of carbonyl (C=O) groups is 2. The van der Waals surface area contributed by atoms with Crippen LogP contribution in [0.4, 0.5) is 11.4 Å². The van der Waals surface area contributed by atoms with E-state index in [-0.39, 0.29) is 18.8 Å². The van der Waals surface area contributed by atoms with Crippen molar-refractivity contribution in [1.29, 1.82) is 0 Å². The van der Waals surface area contributed by atoms with Crippen molar-refractivity contribution in [1.82, 2.24) is 15.2 Å². The molecule has 26 heavy (non-hydrogen) atoms. The molecule has 0 unspecified atom stereocenters. The number of nitrogens with one attached hydrogen (secondary N) is 1. The Labute approximate surface area is 149 Å². The van der Waals surface area contributed by atoms with Gasteiger partial charge in [-0.1, -0.05) is 0 Å². The summed E-state index contributed by atoms with van der Waals surface area (Å²) in [6.45, 7) is 1.61. The first-order valence-electron chi connectivity index (χ1n) is 8.64. The fraction of sp³-hybridized carbons (Fsp3) is 0.412. The van der Waals surface area contributed by atoms with Gasteiger partial charge in [-0.3, -0.25) is 14.5 Å². The van der Waals surface area contributed by atoms with Gasteiger partial charge >= 0.3 is 0 Å². The fourth-order valence-electron chi connectivity index (χ4n) is 3.40. The van der Waals surface area contributed by atoms with E-state index in [1.165, 1.54) is 12.5 Å². The molecule has 0 atom stereocenters. The molecule has 9 nitrogen and oxygen atoms in total. The van der Waals surface area contributed by atoms with Crippen LogP contribution in [0.25, 0.3) is 11.0 Å². The number of aliphatic hydroxyl groups excluding tert-OH is 1. The average molecular weight is 357 g/mol. The molecule has 136 valence electrons. The first-order chi connectivity index (χ1) is 12.7. The molecule has 4 rings (SSSR count). The largest absolute Gasteiger partial charge is 0.395 e. The lowest BCUT2D eigenvalue weighted by Gasteiger charge is -2.28. The van der Waals surface area contributed by atoms with Crippen LogP contribution in [0, 0.1) is 0 Å². The molecule has 1 saturated heterocycles. The number of benzene rings is 1. The van der Waals surface area contributed by atoms with Crippen LogP contribution < -0.4 is 10.2 Å². The number of carbonyl (C=O) groups excluding carboxylic acids is 2. The molecule has 0 spiro atoms. The molecule has 2 aliphatic rings. The summed E-state index contributed by atoms with van der Waals surface area (Å²) in [7, 11) is 0. The second kappa shape index (κ2) is 6.75. The molecular formula is C17H19N5O4. The minimum absolute atomic E-state index is 0.0336. The summed E-state index contributed by atoms with van der Waals surface area (Å²) in [5, 5.41) is 19.9. The van der Waals surface area contributed by atoms with Gasteiger partial charge in [0.15, 0.2) is 11.0 Å². The Hall–Kier alpha value is -2.94. The third-order valence-corrected chi connectivity index (χ3v) is 4.69. The summed E-state index contributed by atoms with van der Waals surface area (Å²) in [5.74, 6) is -0.931. The van der Waals surface area contributed by atoms with Gasteiger partial charge in [-0.05, 0) is 41.7 Å². The van der Waals surface area contributed by atoms with Crippen molar-refractivity contribution in [3.05, 3.63) is 23.9 Å². The Morgan fingerprint density at radius 2 is 1.88 bits per heavy atom. The lowest BCUT2D eigenvalue weighted by atomic mass is 10.1. The van der Waals surface area contributed by atoms with Crippen LogP contribution in [-0.2, 0) is 9.59 Å². The van der Waals surface area contributed by atoms with E-state index in [0.717, 1.165) is 36.5 Å². The number of imide groups is 1. The minimum atomic E-state index is -0.478. The molecule has 9 heteroatoms. The van der Waals surface area contributed by atoms with Crippen molar-refractivity contribution in [2.45, 2.75) is 19.3 Å². The zero-order valence-electron chi connectivity index (χ0n) is 14.1. The maximum Gasteiger partial charge on any atom is 0.277 e. The molecule has 0 aliphatic carbocycles. The van der Waals surface area contributed by atoms with E-state index in [9.17, 15) is 9.59 Å². The summed E-state index contributed by atoms with van der Waals surface area (Å²) in [6.07, 6.45) is 4.72. The quantitative estimate of drug-likeness (QED) is 0.758. The van der Waals surface area contributed by atoms with Gasteiger partial charge in [0.25, 0.3) is 11.8 Å². The van der Waals surface area contributed by atoms with Crippen LogP contribution in [0.15, 0.2) is 28.5 Å². The number of piperidine rings is 1. The highest BCUT2D eigenvalue weighted by atomic mass is 16.6.